The molecule has 0 aliphatic rings. The second-order valence-electron chi connectivity index (χ2n) is 6.86. The van der Waals surface area contributed by atoms with Gasteiger partial charge in [-0.05, 0) is 48.4 Å². The van der Waals surface area contributed by atoms with E-state index in [1.54, 1.807) is 24.3 Å². The smallest absolute Gasteiger partial charge is 0.318 e. The fourth-order valence-corrected chi connectivity index (χ4v) is 2.79. The van der Waals surface area contributed by atoms with Crippen LogP contribution >= 0.6 is 0 Å². The predicted octanol–water partition coefficient (Wildman–Crippen LogP) is 4.17. The highest BCUT2D eigenvalue weighted by molar-refractivity contribution is 5.84. The van der Waals surface area contributed by atoms with E-state index in [1.165, 1.54) is 12.3 Å². The van der Waals surface area contributed by atoms with Crippen molar-refractivity contribution in [2.24, 2.45) is 5.10 Å². The fourth-order valence-electron chi connectivity index (χ4n) is 2.79. The molecule has 0 bridgehead atoms. The predicted molar refractivity (Wildman–Crippen MR) is 122 cm³/mol. The quantitative estimate of drug-likeness (QED) is 0.283. The van der Waals surface area contributed by atoms with Crippen molar-refractivity contribution in [3.05, 3.63) is 98.1 Å². The first-order chi connectivity index (χ1) is 15.8. The molecule has 168 valence electrons. The third-order valence-electron chi connectivity index (χ3n) is 4.31. The molecule has 1 amide bonds. The molecule has 3 aromatic rings. The minimum absolute atomic E-state index is 0.0355. The monoisotopic (exact) mass is 449 g/mol. The van der Waals surface area contributed by atoms with E-state index in [2.05, 4.69) is 15.8 Å². The van der Waals surface area contributed by atoms with Crippen LogP contribution in [0.2, 0.25) is 0 Å². The molecule has 0 aliphatic heterocycles. The number of carbonyl (C=O) groups is 1. The van der Waals surface area contributed by atoms with Crippen molar-refractivity contribution in [3.8, 4) is 11.5 Å². The summed E-state index contributed by atoms with van der Waals surface area (Å²) in [6, 6.07) is 17.2. The van der Waals surface area contributed by atoms with Gasteiger partial charge in [0.1, 0.15) is 5.75 Å². The van der Waals surface area contributed by atoms with Crippen LogP contribution in [0.25, 0.3) is 0 Å². The Labute approximate surface area is 188 Å². The number of hydrogen-bond donors (Lipinski definition) is 2. The molecule has 0 atom stereocenters. The molecule has 3 aromatic carbocycles. The zero-order valence-corrected chi connectivity index (χ0v) is 17.4. The Bertz CT molecular complexity index is 1230. The van der Waals surface area contributed by atoms with Crippen LogP contribution in [0, 0.1) is 27.2 Å². The van der Waals surface area contributed by atoms with Crippen molar-refractivity contribution in [1.82, 2.24) is 5.43 Å². The number of anilines is 1. The van der Waals surface area contributed by atoms with E-state index in [1.807, 2.05) is 31.2 Å². The number of nitro groups is 2. The average molecular weight is 449 g/mol. The molecule has 0 saturated heterocycles. The fraction of sp³-hybridized carbons (Fsp3) is 0.0909. The number of carbonyl (C=O) groups excluding carboxylic acids is 1. The minimum atomic E-state index is -0.756. The van der Waals surface area contributed by atoms with Gasteiger partial charge in [-0.25, -0.2) is 5.43 Å². The Balaban J connectivity index is 1.61. The van der Waals surface area contributed by atoms with Crippen molar-refractivity contribution in [3.63, 3.8) is 0 Å². The van der Waals surface area contributed by atoms with Gasteiger partial charge >= 0.3 is 5.69 Å². The lowest BCUT2D eigenvalue weighted by Gasteiger charge is -2.07. The first kappa shape index (κ1) is 22.9. The second-order valence-corrected chi connectivity index (χ2v) is 6.86. The van der Waals surface area contributed by atoms with Crippen molar-refractivity contribution in [1.29, 1.82) is 0 Å². The van der Waals surface area contributed by atoms with Gasteiger partial charge in [0.15, 0.2) is 0 Å². The van der Waals surface area contributed by atoms with E-state index < -0.39 is 21.2 Å². The molecule has 0 aromatic heterocycles. The average Bonchev–Trinajstić information content (AvgIpc) is 2.78. The second kappa shape index (κ2) is 10.5. The summed E-state index contributed by atoms with van der Waals surface area (Å²) in [5.41, 5.74) is 3.90. The summed E-state index contributed by atoms with van der Waals surface area (Å²) < 4.78 is 5.55. The summed E-state index contributed by atoms with van der Waals surface area (Å²) in [4.78, 5) is 32.6. The molecule has 11 heteroatoms. The van der Waals surface area contributed by atoms with Gasteiger partial charge in [-0.1, -0.05) is 24.3 Å². The van der Waals surface area contributed by atoms with Crippen LogP contribution in [0.1, 0.15) is 11.1 Å². The number of nitrogens with one attached hydrogen (secondary N) is 2. The molecule has 2 N–H and O–H groups in total. The minimum Gasteiger partial charge on any atom is -0.450 e. The van der Waals surface area contributed by atoms with Gasteiger partial charge in [0.05, 0.1) is 28.7 Å². The highest BCUT2D eigenvalue weighted by Crippen LogP contribution is 2.34. The molecule has 0 spiro atoms. The largest absolute Gasteiger partial charge is 0.450 e. The summed E-state index contributed by atoms with van der Waals surface area (Å²) in [5.74, 6) is -0.236. The number of hydrogen-bond acceptors (Lipinski definition) is 8. The number of nitrogens with zero attached hydrogens (tertiary/aromatic N) is 3. The van der Waals surface area contributed by atoms with Crippen LogP contribution in [0.15, 0.2) is 71.8 Å². The zero-order valence-electron chi connectivity index (χ0n) is 17.4. The van der Waals surface area contributed by atoms with Gasteiger partial charge < -0.3 is 10.1 Å². The number of amides is 1. The maximum absolute atomic E-state index is 12.0. The van der Waals surface area contributed by atoms with E-state index in [4.69, 9.17) is 4.74 Å². The van der Waals surface area contributed by atoms with E-state index >= 15 is 0 Å². The topological polar surface area (TPSA) is 149 Å². The number of benzene rings is 3. The lowest BCUT2D eigenvalue weighted by atomic mass is 10.2. The number of ether oxygens (including phenoxy) is 1. The van der Waals surface area contributed by atoms with Crippen LogP contribution in [0.5, 0.6) is 11.5 Å². The molecule has 33 heavy (non-hydrogen) atoms. The maximum atomic E-state index is 12.0. The summed E-state index contributed by atoms with van der Waals surface area (Å²) in [7, 11) is 0. The third kappa shape index (κ3) is 6.59. The van der Waals surface area contributed by atoms with E-state index in [0.29, 0.717) is 5.56 Å². The number of hydrazone groups is 1. The van der Waals surface area contributed by atoms with Crippen LogP contribution in [-0.2, 0) is 4.79 Å². The number of nitro benzene ring substituents is 2. The van der Waals surface area contributed by atoms with Crippen LogP contribution in [-0.4, -0.2) is 28.5 Å². The Hall–Kier alpha value is -4.80. The number of rotatable bonds is 9. The molecular formula is C22H19N5O6. The molecule has 0 saturated carbocycles. The summed E-state index contributed by atoms with van der Waals surface area (Å²) in [6.45, 7) is 1.99. The molecule has 0 aliphatic carbocycles. The Morgan fingerprint density at radius 3 is 2.55 bits per heavy atom. The molecule has 0 radical (unpaired) electrons. The van der Waals surface area contributed by atoms with Gasteiger partial charge in [0.25, 0.3) is 11.6 Å². The molecule has 0 heterocycles. The number of non-ortho nitro benzene ring substituents is 1. The highest BCUT2D eigenvalue weighted by atomic mass is 16.6. The Morgan fingerprint density at radius 2 is 1.82 bits per heavy atom. The van der Waals surface area contributed by atoms with E-state index in [-0.39, 0.29) is 24.0 Å². The lowest BCUT2D eigenvalue weighted by Crippen LogP contribution is -2.25. The third-order valence-corrected chi connectivity index (χ3v) is 4.31. The van der Waals surface area contributed by atoms with Gasteiger partial charge in [-0.15, -0.1) is 0 Å². The van der Waals surface area contributed by atoms with Gasteiger partial charge in [0.2, 0.25) is 5.75 Å². The van der Waals surface area contributed by atoms with Crippen LogP contribution in [0.3, 0.4) is 0 Å². The van der Waals surface area contributed by atoms with Crippen LogP contribution < -0.4 is 15.5 Å². The molecular weight excluding hydrogens is 430 g/mol. The van der Waals surface area contributed by atoms with Crippen LogP contribution in [0.4, 0.5) is 17.1 Å². The Morgan fingerprint density at radius 1 is 1.03 bits per heavy atom. The van der Waals surface area contributed by atoms with Gasteiger partial charge in [-0.2, -0.15) is 5.10 Å². The first-order valence-electron chi connectivity index (χ1n) is 9.65. The summed E-state index contributed by atoms with van der Waals surface area (Å²) in [5, 5.41) is 29.0. The molecule has 0 unspecified atom stereocenters. The van der Waals surface area contributed by atoms with Crippen molar-refractivity contribution in [2.45, 2.75) is 6.92 Å². The summed E-state index contributed by atoms with van der Waals surface area (Å²) in [6.07, 6.45) is 1.39. The highest BCUT2D eigenvalue weighted by Gasteiger charge is 2.21. The summed E-state index contributed by atoms with van der Waals surface area (Å²) >= 11 is 0. The molecule has 3 rings (SSSR count). The SMILES string of the molecule is Cc1cccc(NCC(=O)N/N=C\c2cccc(Oc3ccc([N+](=O)[O-])cc3[N+](=O)[O-])c2)c1. The van der Waals surface area contributed by atoms with E-state index in [0.717, 1.165) is 23.4 Å². The molecule has 11 nitrogen and oxygen atoms in total. The number of aryl methyl sites for hydroxylation is 1. The normalized spacial score (nSPS) is 10.6. The van der Waals surface area contributed by atoms with Crippen molar-refractivity contribution < 1.29 is 19.4 Å². The van der Waals surface area contributed by atoms with Gasteiger partial charge in [0, 0.05) is 11.8 Å². The van der Waals surface area contributed by atoms with E-state index in [9.17, 15) is 25.0 Å². The van der Waals surface area contributed by atoms with Crippen molar-refractivity contribution >= 4 is 29.2 Å². The molecule has 0 fully saturated rings. The lowest BCUT2D eigenvalue weighted by molar-refractivity contribution is -0.394. The maximum Gasteiger partial charge on any atom is 0.318 e. The zero-order chi connectivity index (χ0) is 23.8. The van der Waals surface area contributed by atoms with Gasteiger partial charge in [-0.3, -0.25) is 25.0 Å². The Kier molecular flexibility index (Phi) is 7.27. The first-order valence-corrected chi connectivity index (χ1v) is 9.65. The standard InChI is InChI=1S/C22H19N5O6/c1-15-4-2-6-17(10-15)23-14-22(28)25-24-13-16-5-3-7-19(11-16)33-21-9-8-18(26(29)30)12-20(21)27(31)32/h2-13,23H,14H2,1H3,(H,25,28)/b24-13-. The van der Waals surface area contributed by atoms with Crippen molar-refractivity contribution in [2.75, 3.05) is 11.9 Å².